The molecular formula is C21H22N4O2S. The lowest BCUT2D eigenvalue weighted by Crippen LogP contribution is -2.34. The van der Waals surface area contributed by atoms with Crippen LogP contribution in [0.15, 0.2) is 39.6 Å². The van der Waals surface area contributed by atoms with Crippen molar-refractivity contribution in [3.05, 3.63) is 58.1 Å². The molecule has 0 aromatic heterocycles. The van der Waals surface area contributed by atoms with E-state index in [1.165, 1.54) is 22.3 Å². The first kappa shape index (κ1) is 18.5. The standard InChI is InChI=1S/C21H22N4O2S/c1-14-8-10-17(11-9-14)28(27,23-13-22)25-21(26)24-20-18-6-2-4-15(18)12-16-5-3-7-19(16)20/h8-12H,2-7H2,1H3,(H2,23,24,25,26,27). The molecule has 2 aliphatic carbocycles. The maximum absolute atomic E-state index is 13.2. The van der Waals surface area contributed by atoms with Crippen molar-refractivity contribution in [3.8, 4) is 6.19 Å². The minimum Gasteiger partial charge on any atom is -0.307 e. The fourth-order valence-electron chi connectivity index (χ4n) is 4.15. The summed E-state index contributed by atoms with van der Waals surface area (Å²) in [6, 6.07) is 8.48. The number of nitriles is 1. The van der Waals surface area contributed by atoms with E-state index in [1.54, 1.807) is 30.5 Å². The van der Waals surface area contributed by atoms with Gasteiger partial charge >= 0.3 is 6.03 Å². The molecule has 1 atom stereocenters. The van der Waals surface area contributed by atoms with E-state index < -0.39 is 15.9 Å². The minimum atomic E-state index is -3.38. The lowest BCUT2D eigenvalue weighted by atomic mass is 9.99. The number of amides is 2. The topological polar surface area (TPSA) is 94.3 Å². The molecule has 2 amide bonds. The van der Waals surface area contributed by atoms with Gasteiger partial charge in [0.2, 0.25) is 6.19 Å². The molecule has 2 N–H and O–H groups in total. The zero-order chi connectivity index (χ0) is 19.7. The molecule has 0 saturated heterocycles. The van der Waals surface area contributed by atoms with Crippen molar-refractivity contribution >= 4 is 21.6 Å². The molecule has 7 heteroatoms. The monoisotopic (exact) mass is 394 g/mol. The fraction of sp³-hybridized carbons (Fsp3) is 0.333. The Kier molecular flexibility index (Phi) is 4.82. The van der Waals surface area contributed by atoms with Crippen LogP contribution < -0.4 is 10.0 Å². The van der Waals surface area contributed by atoms with E-state index in [0.717, 1.165) is 49.8 Å². The van der Waals surface area contributed by atoms with E-state index in [9.17, 15) is 9.00 Å². The van der Waals surface area contributed by atoms with Crippen LogP contribution >= 0.6 is 0 Å². The van der Waals surface area contributed by atoms with Crippen LogP contribution in [0, 0.1) is 18.4 Å². The molecule has 6 nitrogen and oxygen atoms in total. The van der Waals surface area contributed by atoms with E-state index in [1.807, 2.05) is 6.92 Å². The maximum atomic E-state index is 13.2. The summed E-state index contributed by atoms with van der Waals surface area (Å²) >= 11 is 0. The van der Waals surface area contributed by atoms with Crippen molar-refractivity contribution in [2.24, 2.45) is 4.36 Å². The summed E-state index contributed by atoms with van der Waals surface area (Å²) in [6.07, 6.45) is 7.68. The van der Waals surface area contributed by atoms with Gasteiger partial charge in [-0.2, -0.15) is 5.26 Å². The van der Waals surface area contributed by atoms with Crippen molar-refractivity contribution in [2.75, 3.05) is 5.32 Å². The second-order valence-electron chi connectivity index (χ2n) is 7.32. The van der Waals surface area contributed by atoms with Crippen LogP contribution in [0.1, 0.15) is 40.7 Å². The van der Waals surface area contributed by atoms with Crippen LogP contribution in [0.2, 0.25) is 0 Å². The Balaban J connectivity index is 1.65. The first-order chi connectivity index (χ1) is 13.5. The molecule has 0 saturated carbocycles. The van der Waals surface area contributed by atoms with E-state index in [4.69, 9.17) is 5.26 Å². The zero-order valence-electron chi connectivity index (χ0n) is 15.7. The zero-order valence-corrected chi connectivity index (χ0v) is 16.6. The smallest absolute Gasteiger partial charge is 0.307 e. The van der Waals surface area contributed by atoms with Gasteiger partial charge in [-0.3, -0.25) is 0 Å². The Labute approximate surface area is 165 Å². The largest absolute Gasteiger partial charge is 0.331 e. The summed E-state index contributed by atoms with van der Waals surface area (Å²) < 4.78 is 19.2. The fourth-order valence-corrected chi connectivity index (χ4v) is 5.34. The summed E-state index contributed by atoms with van der Waals surface area (Å²) in [5, 5.41) is 11.9. The predicted octanol–water partition coefficient (Wildman–Crippen LogP) is 4.02. The number of hydrogen-bond acceptors (Lipinski definition) is 4. The number of nitrogens with one attached hydrogen (secondary N) is 2. The Hall–Kier alpha value is -2.85. The Morgan fingerprint density at radius 1 is 1.07 bits per heavy atom. The van der Waals surface area contributed by atoms with Crippen LogP contribution in [0.3, 0.4) is 0 Å². The lowest BCUT2D eigenvalue weighted by Gasteiger charge is -2.17. The molecule has 1 unspecified atom stereocenters. The first-order valence-corrected chi connectivity index (χ1v) is 11.0. The van der Waals surface area contributed by atoms with E-state index >= 15 is 0 Å². The molecule has 2 aromatic rings. The summed E-state index contributed by atoms with van der Waals surface area (Å²) in [4.78, 5) is 13.1. The van der Waals surface area contributed by atoms with Gasteiger partial charge in [0.15, 0.2) is 9.92 Å². The molecular weight excluding hydrogens is 372 g/mol. The maximum Gasteiger partial charge on any atom is 0.331 e. The lowest BCUT2D eigenvalue weighted by molar-refractivity contribution is 0.256. The van der Waals surface area contributed by atoms with Crippen molar-refractivity contribution in [1.29, 1.82) is 5.26 Å². The molecule has 2 aliphatic rings. The highest BCUT2D eigenvalue weighted by Gasteiger charge is 2.26. The quantitative estimate of drug-likeness (QED) is 0.770. The number of rotatable bonds is 3. The van der Waals surface area contributed by atoms with Gasteiger partial charge in [-0.15, -0.1) is 0 Å². The van der Waals surface area contributed by atoms with E-state index in [0.29, 0.717) is 4.90 Å². The summed E-state index contributed by atoms with van der Waals surface area (Å²) in [5.41, 5.74) is 6.84. The number of carbonyl (C=O) groups excluding carboxylic acids is 1. The normalized spacial score (nSPS) is 16.4. The molecule has 28 heavy (non-hydrogen) atoms. The summed E-state index contributed by atoms with van der Waals surface area (Å²) in [5.74, 6) is 0. The highest BCUT2D eigenvalue weighted by molar-refractivity contribution is 7.92. The second kappa shape index (κ2) is 7.28. The van der Waals surface area contributed by atoms with E-state index in [-0.39, 0.29) is 0 Å². The molecule has 0 radical (unpaired) electrons. The third kappa shape index (κ3) is 3.36. The van der Waals surface area contributed by atoms with Gasteiger partial charge < -0.3 is 5.32 Å². The minimum absolute atomic E-state index is 0.304. The number of aryl methyl sites for hydroxylation is 3. The van der Waals surface area contributed by atoms with Crippen molar-refractivity contribution < 1.29 is 9.00 Å². The number of fused-ring (bicyclic) bond motifs is 2. The van der Waals surface area contributed by atoms with Crippen LogP contribution in [-0.4, -0.2) is 10.2 Å². The Morgan fingerprint density at radius 2 is 1.68 bits per heavy atom. The van der Waals surface area contributed by atoms with Crippen molar-refractivity contribution in [2.45, 2.75) is 50.3 Å². The van der Waals surface area contributed by atoms with E-state index in [2.05, 4.69) is 20.5 Å². The summed E-state index contributed by atoms with van der Waals surface area (Å²) in [7, 11) is -3.38. The van der Waals surface area contributed by atoms with Crippen molar-refractivity contribution in [1.82, 2.24) is 4.72 Å². The predicted molar refractivity (Wildman–Crippen MR) is 108 cm³/mol. The highest BCUT2D eigenvalue weighted by atomic mass is 32.2. The number of urea groups is 1. The van der Waals surface area contributed by atoms with Gasteiger partial charge in [0.25, 0.3) is 0 Å². The molecule has 0 aliphatic heterocycles. The Morgan fingerprint density at radius 3 is 2.25 bits per heavy atom. The molecule has 2 aromatic carbocycles. The average molecular weight is 395 g/mol. The van der Waals surface area contributed by atoms with Gasteiger partial charge in [0.05, 0.1) is 4.90 Å². The average Bonchev–Trinajstić information content (AvgIpc) is 3.31. The number of carbonyl (C=O) groups is 1. The second-order valence-corrected chi connectivity index (χ2v) is 9.23. The van der Waals surface area contributed by atoms with Gasteiger partial charge in [-0.1, -0.05) is 28.1 Å². The van der Waals surface area contributed by atoms with Gasteiger partial charge in [0.1, 0.15) is 0 Å². The molecule has 0 heterocycles. The van der Waals surface area contributed by atoms with Crippen molar-refractivity contribution in [3.63, 3.8) is 0 Å². The molecule has 0 spiro atoms. The van der Waals surface area contributed by atoms with Crippen LogP contribution in [0.4, 0.5) is 10.5 Å². The van der Waals surface area contributed by atoms with Crippen LogP contribution in [-0.2, 0) is 35.6 Å². The van der Waals surface area contributed by atoms with Gasteiger partial charge in [-0.05, 0) is 79.8 Å². The molecule has 144 valence electrons. The van der Waals surface area contributed by atoms with Crippen LogP contribution in [0.5, 0.6) is 0 Å². The first-order valence-electron chi connectivity index (χ1n) is 9.47. The molecule has 0 fully saturated rings. The van der Waals surface area contributed by atoms with Gasteiger partial charge in [-0.25, -0.2) is 13.7 Å². The number of anilines is 1. The SMILES string of the molecule is Cc1ccc(S(=O)(=NC#N)NC(=O)Nc2c3c(cc4c2CCC4)CCC3)cc1. The Bertz CT molecular complexity index is 1070. The van der Waals surface area contributed by atoms with Gasteiger partial charge in [0, 0.05) is 5.69 Å². The third-order valence-corrected chi connectivity index (χ3v) is 7.16. The van der Waals surface area contributed by atoms with Crippen LogP contribution in [0.25, 0.3) is 0 Å². The number of nitrogens with zero attached hydrogens (tertiary/aromatic N) is 2. The third-order valence-electron chi connectivity index (χ3n) is 5.45. The highest BCUT2D eigenvalue weighted by Crippen LogP contribution is 2.38. The number of hydrogen-bond donors (Lipinski definition) is 2. The number of benzene rings is 2. The molecule has 4 rings (SSSR count). The molecule has 0 bridgehead atoms. The summed E-state index contributed by atoms with van der Waals surface area (Å²) in [6.45, 7) is 1.91.